The molecular weight excluding hydrogens is 200 g/mol. The third-order valence-electron chi connectivity index (χ3n) is 1.61. The summed E-state index contributed by atoms with van der Waals surface area (Å²) in [6.45, 7) is 2.13. The van der Waals surface area contributed by atoms with Gasteiger partial charge in [-0.05, 0) is 6.37 Å². The Morgan fingerprint density at radius 1 is 1.09 bits per heavy atom. The molecular formula is C10H21Br. The van der Waals surface area contributed by atoms with Crippen LogP contribution in [-0.2, 0) is 0 Å². The fraction of sp³-hybridized carbons (Fsp3) is 1.00. The molecule has 11 heavy (non-hydrogen) atoms. The van der Waals surface area contributed by atoms with Gasteiger partial charge in [-0.2, -0.15) is 0 Å². The highest BCUT2D eigenvalue weighted by molar-refractivity contribution is 9.09. The molecule has 0 aromatic rings. The molecule has 68 valence electrons. The van der Waals surface area contributed by atoms with Crippen molar-refractivity contribution in [3.05, 3.63) is 0 Å². The zero-order valence-electron chi connectivity index (χ0n) is 12.2. The largest absolute Gasteiger partial charge is 0.0928 e. The summed E-state index contributed by atoms with van der Waals surface area (Å²) in [5, 5.41) is -2.13. The van der Waals surface area contributed by atoms with Crippen LogP contribution in [0.4, 0.5) is 0 Å². The molecule has 0 spiro atoms. The van der Waals surface area contributed by atoms with E-state index in [2.05, 4.69) is 22.9 Å². The summed E-state index contributed by atoms with van der Waals surface area (Å²) in [7, 11) is 0. The molecule has 1 unspecified atom stereocenters. The maximum atomic E-state index is 7.67. The van der Waals surface area contributed by atoms with Crippen molar-refractivity contribution in [1.29, 1.82) is 0 Å². The van der Waals surface area contributed by atoms with E-state index in [1.54, 1.807) is 0 Å². The van der Waals surface area contributed by atoms with E-state index < -0.39 is 18.1 Å². The molecule has 1 atom stereocenters. The Hall–Kier alpha value is 0.480. The molecule has 0 N–H and O–H groups in total. The van der Waals surface area contributed by atoms with Gasteiger partial charge in [0.25, 0.3) is 0 Å². The molecule has 0 rings (SSSR count). The molecule has 1 heteroatoms. The SMILES string of the molecule is [2H]C(CCCCCCC)C([2H])([2H])C([2H])([2H])Br. The molecule has 0 fully saturated rings. The van der Waals surface area contributed by atoms with Crippen LogP contribution in [0.2, 0.25) is 0 Å². The summed E-state index contributed by atoms with van der Waals surface area (Å²) in [6.07, 6.45) is 2.53. The van der Waals surface area contributed by atoms with Gasteiger partial charge in [0.1, 0.15) is 0 Å². The van der Waals surface area contributed by atoms with Gasteiger partial charge < -0.3 is 0 Å². The molecule has 0 aliphatic rings. The molecule has 0 aliphatic carbocycles. The van der Waals surface area contributed by atoms with E-state index in [9.17, 15) is 0 Å². The van der Waals surface area contributed by atoms with Crippen LogP contribution >= 0.6 is 15.9 Å². The number of hydrogen-bond donors (Lipinski definition) is 0. The van der Waals surface area contributed by atoms with Crippen LogP contribution in [0.3, 0.4) is 0 Å². The van der Waals surface area contributed by atoms with E-state index in [0.717, 1.165) is 25.7 Å². The standard InChI is InChI=1S/C10H21Br/c1-2-3-4-5-6-7-8-9-10-11/h2-10H2,1H3/i8D,9D2,10D2. The summed E-state index contributed by atoms with van der Waals surface area (Å²) >= 11 is 2.67. The second-order valence-electron chi connectivity index (χ2n) is 2.65. The summed E-state index contributed by atoms with van der Waals surface area (Å²) in [5.74, 6) is 0. The van der Waals surface area contributed by atoms with E-state index in [-0.39, 0.29) is 0 Å². The Balaban J connectivity index is 3.92. The Bertz CT molecular complexity index is 190. The predicted octanol–water partition coefficient (Wildman–Crippen LogP) is 4.52. The molecule has 0 bridgehead atoms. The average molecular weight is 226 g/mol. The van der Waals surface area contributed by atoms with E-state index in [1.807, 2.05) is 0 Å². The van der Waals surface area contributed by atoms with Crippen molar-refractivity contribution in [2.75, 3.05) is 5.28 Å². The van der Waals surface area contributed by atoms with Crippen LogP contribution < -0.4 is 0 Å². The van der Waals surface area contributed by atoms with E-state index in [1.165, 1.54) is 6.42 Å². The predicted molar refractivity (Wildman–Crippen MR) is 56.4 cm³/mol. The first kappa shape index (κ1) is 5.26. The first-order valence-electron chi connectivity index (χ1n) is 6.92. The maximum absolute atomic E-state index is 7.67. The van der Waals surface area contributed by atoms with E-state index in [0.29, 0.717) is 6.42 Å². The highest BCUT2D eigenvalue weighted by atomic mass is 79.9. The van der Waals surface area contributed by atoms with Crippen LogP contribution in [0, 0.1) is 0 Å². The number of rotatable bonds is 8. The van der Waals surface area contributed by atoms with Crippen LogP contribution in [-0.4, -0.2) is 5.28 Å². The van der Waals surface area contributed by atoms with Gasteiger partial charge >= 0.3 is 0 Å². The number of hydrogen-bond acceptors (Lipinski definition) is 0. The van der Waals surface area contributed by atoms with Crippen molar-refractivity contribution in [1.82, 2.24) is 0 Å². The topological polar surface area (TPSA) is 0 Å². The lowest BCUT2D eigenvalue weighted by atomic mass is 10.1. The lowest BCUT2D eigenvalue weighted by molar-refractivity contribution is 0.587. The lowest BCUT2D eigenvalue weighted by Crippen LogP contribution is -1.80. The Kier molecular flexibility index (Phi) is 5.01. The lowest BCUT2D eigenvalue weighted by Gasteiger charge is -1.98. The van der Waals surface area contributed by atoms with Crippen molar-refractivity contribution in [3.8, 4) is 0 Å². The van der Waals surface area contributed by atoms with E-state index >= 15 is 0 Å². The van der Waals surface area contributed by atoms with Gasteiger partial charge in [0, 0.05) is 12.1 Å². The Morgan fingerprint density at radius 2 is 1.73 bits per heavy atom. The van der Waals surface area contributed by atoms with Crippen molar-refractivity contribution < 1.29 is 6.85 Å². The van der Waals surface area contributed by atoms with Crippen LogP contribution in [0.25, 0.3) is 0 Å². The smallest absolute Gasteiger partial charge is 0.0387 e. The zero-order valence-corrected chi connectivity index (χ0v) is 8.78. The van der Waals surface area contributed by atoms with Crippen LogP contribution in [0.15, 0.2) is 0 Å². The summed E-state index contributed by atoms with van der Waals surface area (Å²) in [5.41, 5.74) is 0. The maximum Gasteiger partial charge on any atom is 0.0387 e. The second-order valence-corrected chi connectivity index (χ2v) is 3.04. The normalized spacial score (nSPS) is 22.5. The fourth-order valence-electron chi connectivity index (χ4n) is 0.961. The summed E-state index contributed by atoms with van der Waals surface area (Å²) in [6, 6.07) is 0. The summed E-state index contributed by atoms with van der Waals surface area (Å²) < 4.78 is 37.4. The molecule has 0 amide bonds. The first-order chi connectivity index (χ1) is 7.23. The molecule has 0 saturated heterocycles. The second kappa shape index (κ2) is 10.5. The highest BCUT2D eigenvalue weighted by Gasteiger charge is 1.89. The third-order valence-corrected chi connectivity index (χ3v) is 1.84. The van der Waals surface area contributed by atoms with Gasteiger partial charge in [-0.25, -0.2) is 0 Å². The molecule has 0 heterocycles. The van der Waals surface area contributed by atoms with Crippen LogP contribution in [0.5, 0.6) is 0 Å². The van der Waals surface area contributed by atoms with Gasteiger partial charge in [0.15, 0.2) is 0 Å². The molecule has 0 saturated carbocycles. The van der Waals surface area contributed by atoms with Gasteiger partial charge in [0.05, 0.1) is 0 Å². The van der Waals surface area contributed by atoms with Crippen molar-refractivity contribution in [2.45, 2.75) is 58.2 Å². The molecule has 0 aromatic heterocycles. The minimum Gasteiger partial charge on any atom is -0.0928 e. The molecule has 0 nitrogen and oxygen atoms in total. The Morgan fingerprint density at radius 3 is 2.36 bits per heavy atom. The third kappa shape index (κ3) is 10.5. The molecule has 0 aliphatic heterocycles. The number of unbranched alkanes of at least 4 members (excludes halogenated alkanes) is 4. The van der Waals surface area contributed by atoms with Crippen LogP contribution in [0.1, 0.15) is 65.1 Å². The average Bonchev–Trinajstić information content (AvgIpc) is 2.15. The summed E-state index contributed by atoms with van der Waals surface area (Å²) in [4.78, 5) is 0. The van der Waals surface area contributed by atoms with Crippen molar-refractivity contribution in [3.63, 3.8) is 0 Å². The molecule has 0 radical (unpaired) electrons. The zero-order chi connectivity index (χ0) is 12.8. The van der Waals surface area contributed by atoms with Gasteiger partial charge in [0.2, 0.25) is 0 Å². The number of alkyl halides is 1. The Labute approximate surface area is 86.9 Å². The first-order valence-corrected chi connectivity index (χ1v) is 5.14. The van der Waals surface area contributed by atoms with Crippen molar-refractivity contribution >= 4 is 15.9 Å². The van der Waals surface area contributed by atoms with Crippen molar-refractivity contribution in [2.24, 2.45) is 0 Å². The minimum atomic E-state index is -2.14. The monoisotopic (exact) mass is 225 g/mol. The van der Waals surface area contributed by atoms with Gasteiger partial charge in [-0.15, -0.1) is 0 Å². The number of halogens is 1. The fourth-order valence-corrected chi connectivity index (χ4v) is 1.12. The minimum absolute atomic E-state index is 0.418. The molecule has 0 aromatic carbocycles. The highest BCUT2D eigenvalue weighted by Crippen LogP contribution is 2.08. The van der Waals surface area contributed by atoms with Gasteiger partial charge in [-0.1, -0.05) is 67.8 Å². The van der Waals surface area contributed by atoms with Gasteiger partial charge in [-0.3, -0.25) is 0 Å². The quantitative estimate of drug-likeness (QED) is 0.421. The van der Waals surface area contributed by atoms with E-state index in [4.69, 9.17) is 6.85 Å².